The molecule has 1 heterocycles. The molecule has 0 spiro atoms. The first-order chi connectivity index (χ1) is 10.0. The van der Waals surface area contributed by atoms with Crippen molar-refractivity contribution in [3.63, 3.8) is 0 Å². The lowest BCUT2D eigenvalue weighted by atomic mass is 9.75. The molecule has 1 unspecified atom stereocenters. The molecule has 1 saturated carbocycles. The molecule has 1 N–H and O–H groups in total. The molecule has 2 aliphatic rings. The van der Waals surface area contributed by atoms with Gasteiger partial charge in [-0.15, -0.1) is 0 Å². The number of ether oxygens (including phenoxy) is 2. The lowest BCUT2D eigenvalue weighted by Crippen LogP contribution is -2.37. The number of fused-ring (bicyclic) bond motifs is 1. The Bertz CT molecular complexity index is 488. The maximum Gasteiger partial charge on any atom is 0.161 e. The monoisotopic (exact) mass is 289 g/mol. The molecule has 0 aromatic heterocycles. The van der Waals surface area contributed by atoms with Gasteiger partial charge >= 0.3 is 0 Å². The molecule has 0 bridgehead atoms. The molecule has 1 aromatic carbocycles. The first kappa shape index (κ1) is 14.7. The molecule has 1 fully saturated rings. The van der Waals surface area contributed by atoms with Gasteiger partial charge in [-0.3, -0.25) is 0 Å². The molecule has 0 radical (unpaired) electrons. The molecule has 116 valence electrons. The van der Waals surface area contributed by atoms with Crippen LogP contribution < -0.4 is 14.8 Å². The van der Waals surface area contributed by atoms with Gasteiger partial charge in [0.2, 0.25) is 0 Å². The number of hydrogen-bond donors (Lipinski definition) is 1. The van der Waals surface area contributed by atoms with E-state index in [0.717, 1.165) is 11.5 Å². The van der Waals surface area contributed by atoms with Gasteiger partial charge in [-0.05, 0) is 55.7 Å². The van der Waals surface area contributed by atoms with Crippen LogP contribution in [0.4, 0.5) is 0 Å². The van der Waals surface area contributed by atoms with Crippen LogP contribution in [-0.2, 0) is 0 Å². The zero-order chi connectivity index (χ0) is 14.9. The molecular formula is C18H27NO2. The second-order valence-electron chi connectivity index (χ2n) is 7.23. The predicted octanol–water partition coefficient (Wildman–Crippen LogP) is 4.08. The average molecular weight is 289 g/mol. The maximum absolute atomic E-state index is 5.68. The van der Waals surface area contributed by atoms with Crippen molar-refractivity contribution in [1.29, 1.82) is 0 Å². The van der Waals surface area contributed by atoms with E-state index in [2.05, 4.69) is 38.2 Å². The van der Waals surface area contributed by atoms with Gasteiger partial charge in [0.25, 0.3) is 0 Å². The Morgan fingerprint density at radius 1 is 1.10 bits per heavy atom. The molecule has 0 saturated heterocycles. The lowest BCUT2D eigenvalue weighted by Gasteiger charge is -2.36. The number of rotatable bonds is 3. The Balaban J connectivity index is 1.62. The Kier molecular flexibility index (Phi) is 4.12. The highest BCUT2D eigenvalue weighted by Gasteiger charge is 2.27. The van der Waals surface area contributed by atoms with Crippen molar-refractivity contribution < 1.29 is 9.47 Å². The normalized spacial score (nSPS) is 22.8. The molecule has 3 nitrogen and oxygen atoms in total. The van der Waals surface area contributed by atoms with E-state index in [4.69, 9.17) is 9.47 Å². The Morgan fingerprint density at radius 2 is 1.76 bits per heavy atom. The third kappa shape index (κ3) is 3.52. The Hall–Kier alpha value is -1.22. The van der Waals surface area contributed by atoms with Crippen molar-refractivity contribution in [2.45, 2.75) is 58.5 Å². The van der Waals surface area contributed by atoms with E-state index in [1.807, 2.05) is 6.07 Å². The van der Waals surface area contributed by atoms with Crippen molar-refractivity contribution >= 4 is 0 Å². The highest BCUT2D eigenvalue weighted by Crippen LogP contribution is 2.36. The number of nitrogens with one attached hydrogen (secondary N) is 1. The summed E-state index contributed by atoms with van der Waals surface area (Å²) >= 11 is 0. The van der Waals surface area contributed by atoms with Crippen molar-refractivity contribution in [3.8, 4) is 11.5 Å². The van der Waals surface area contributed by atoms with Crippen molar-refractivity contribution in [1.82, 2.24) is 5.32 Å². The maximum atomic E-state index is 5.68. The van der Waals surface area contributed by atoms with E-state index in [-0.39, 0.29) is 0 Å². The number of hydrogen-bond acceptors (Lipinski definition) is 3. The summed E-state index contributed by atoms with van der Waals surface area (Å²) in [5.74, 6) is 1.76. The van der Waals surface area contributed by atoms with E-state index in [1.165, 1.54) is 31.2 Å². The van der Waals surface area contributed by atoms with Crippen LogP contribution in [0.15, 0.2) is 18.2 Å². The van der Waals surface area contributed by atoms with E-state index in [1.54, 1.807) is 0 Å². The molecule has 1 atom stereocenters. The summed E-state index contributed by atoms with van der Waals surface area (Å²) in [5, 5.41) is 3.78. The zero-order valence-corrected chi connectivity index (χ0v) is 13.4. The summed E-state index contributed by atoms with van der Waals surface area (Å²) in [4.78, 5) is 0. The molecule has 3 rings (SSSR count). The topological polar surface area (TPSA) is 30.5 Å². The van der Waals surface area contributed by atoms with Gasteiger partial charge in [-0.2, -0.15) is 0 Å². The van der Waals surface area contributed by atoms with Crippen LogP contribution in [0.2, 0.25) is 0 Å². The average Bonchev–Trinajstić information content (AvgIpc) is 2.49. The SMILES string of the molecule is CC(NC1CCC(C)(C)CC1)c1ccc2c(c1)OCCO2. The van der Waals surface area contributed by atoms with Crippen LogP contribution in [-0.4, -0.2) is 19.3 Å². The van der Waals surface area contributed by atoms with Crippen LogP contribution in [0.5, 0.6) is 11.5 Å². The van der Waals surface area contributed by atoms with E-state index in [0.29, 0.717) is 30.7 Å². The van der Waals surface area contributed by atoms with Gasteiger partial charge in [-0.1, -0.05) is 19.9 Å². The summed E-state index contributed by atoms with van der Waals surface area (Å²) in [7, 11) is 0. The fourth-order valence-electron chi connectivity index (χ4n) is 3.35. The highest BCUT2D eigenvalue weighted by molar-refractivity contribution is 5.44. The minimum atomic E-state index is 0.354. The fraction of sp³-hybridized carbons (Fsp3) is 0.667. The van der Waals surface area contributed by atoms with Crippen LogP contribution in [0, 0.1) is 5.41 Å². The molecule has 0 amide bonds. The summed E-state index contributed by atoms with van der Waals surface area (Å²) in [6.07, 6.45) is 5.20. The first-order valence-electron chi connectivity index (χ1n) is 8.19. The predicted molar refractivity (Wildman–Crippen MR) is 85.0 cm³/mol. The third-order valence-electron chi connectivity index (χ3n) is 4.89. The third-order valence-corrected chi connectivity index (χ3v) is 4.89. The van der Waals surface area contributed by atoms with Gasteiger partial charge in [0.15, 0.2) is 11.5 Å². The molecule has 3 heteroatoms. The van der Waals surface area contributed by atoms with Crippen LogP contribution in [0.25, 0.3) is 0 Å². The van der Waals surface area contributed by atoms with Crippen molar-refractivity contribution in [2.24, 2.45) is 5.41 Å². The second-order valence-corrected chi connectivity index (χ2v) is 7.23. The zero-order valence-electron chi connectivity index (χ0n) is 13.4. The van der Waals surface area contributed by atoms with Crippen molar-refractivity contribution in [3.05, 3.63) is 23.8 Å². The summed E-state index contributed by atoms with van der Waals surface area (Å²) in [6, 6.07) is 7.30. The smallest absolute Gasteiger partial charge is 0.161 e. The Morgan fingerprint density at radius 3 is 2.48 bits per heavy atom. The minimum Gasteiger partial charge on any atom is -0.486 e. The van der Waals surface area contributed by atoms with E-state index in [9.17, 15) is 0 Å². The van der Waals surface area contributed by atoms with Gasteiger partial charge in [0.05, 0.1) is 0 Å². The van der Waals surface area contributed by atoms with Gasteiger partial charge in [0.1, 0.15) is 13.2 Å². The lowest BCUT2D eigenvalue weighted by molar-refractivity contribution is 0.171. The van der Waals surface area contributed by atoms with Crippen LogP contribution in [0.1, 0.15) is 58.1 Å². The molecular weight excluding hydrogens is 262 g/mol. The quantitative estimate of drug-likeness (QED) is 0.909. The molecule has 21 heavy (non-hydrogen) atoms. The van der Waals surface area contributed by atoms with Crippen LogP contribution in [0.3, 0.4) is 0 Å². The second kappa shape index (κ2) is 5.88. The van der Waals surface area contributed by atoms with Crippen molar-refractivity contribution in [2.75, 3.05) is 13.2 Å². The van der Waals surface area contributed by atoms with Gasteiger partial charge < -0.3 is 14.8 Å². The largest absolute Gasteiger partial charge is 0.486 e. The summed E-state index contributed by atoms with van der Waals surface area (Å²) in [5.41, 5.74) is 1.81. The molecule has 1 aliphatic carbocycles. The van der Waals surface area contributed by atoms with E-state index >= 15 is 0 Å². The fourth-order valence-corrected chi connectivity index (χ4v) is 3.35. The van der Waals surface area contributed by atoms with Gasteiger partial charge in [-0.25, -0.2) is 0 Å². The van der Waals surface area contributed by atoms with Gasteiger partial charge in [0, 0.05) is 12.1 Å². The standard InChI is InChI=1S/C18H27NO2/c1-13(19-15-6-8-18(2,3)9-7-15)14-4-5-16-17(12-14)21-11-10-20-16/h4-5,12-13,15,19H,6-11H2,1-3H3. The highest BCUT2D eigenvalue weighted by atomic mass is 16.6. The minimum absolute atomic E-state index is 0.354. The van der Waals surface area contributed by atoms with E-state index < -0.39 is 0 Å². The van der Waals surface area contributed by atoms with Crippen LogP contribution >= 0.6 is 0 Å². The summed E-state index contributed by atoms with van der Waals surface area (Å²) < 4.78 is 11.3. The molecule has 1 aliphatic heterocycles. The molecule has 1 aromatic rings. The summed E-state index contributed by atoms with van der Waals surface area (Å²) in [6.45, 7) is 8.31. The first-order valence-corrected chi connectivity index (χ1v) is 8.19. The Labute approximate surface area is 128 Å². The number of benzene rings is 1.